The molecule has 0 spiro atoms. The van der Waals surface area contributed by atoms with Crippen LogP contribution >= 0.6 is 0 Å². The predicted molar refractivity (Wildman–Crippen MR) is 103 cm³/mol. The lowest BCUT2D eigenvalue weighted by Crippen LogP contribution is -2.23. The molecule has 0 aliphatic rings. The van der Waals surface area contributed by atoms with E-state index in [0.29, 0.717) is 29.6 Å². The van der Waals surface area contributed by atoms with Crippen molar-refractivity contribution in [1.82, 2.24) is 29.8 Å². The maximum atomic E-state index is 12.9. The van der Waals surface area contributed by atoms with Crippen molar-refractivity contribution in [3.8, 4) is 0 Å². The number of hydrogen-bond acceptors (Lipinski definition) is 7. The van der Waals surface area contributed by atoms with Crippen LogP contribution in [0.5, 0.6) is 0 Å². The lowest BCUT2D eigenvalue weighted by molar-refractivity contribution is 0.183. The molecule has 0 aliphatic carbocycles. The third kappa shape index (κ3) is 3.69. The SMILES string of the molecule is COCCn1cc(S(=O)(=O)c2ccc3c(=O)n(Cc4cc[nH]n4)ncc3c2)cn1. The Hall–Kier alpha value is -3.31. The van der Waals surface area contributed by atoms with Crippen LogP contribution in [-0.2, 0) is 27.7 Å². The zero-order valence-electron chi connectivity index (χ0n) is 15.5. The first-order chi connectivity index (χ1) is 14.0. The zero-order valence-corrected chi connectivity index (χ0v) is 16.3. The second-order valence-electron chi connectivity index (χ2n) is 6.36. The molecule has 10 nitrogen and oxygen atoms in total. The fourth-order valence-corrected chi connectivity index (χ4v) is 4.15. The molecule has 0 aliphatic heterocycles. The maximum Gasteiger partial charge on any atom is 0.274 e. The second-order valence-corrected chi connectivity index (χ2v) is 8.31. The van der Waals surface area contributed by atoms with Crippen LogP contribution in [0, 0.1) is 0 Å². The van der Waals surface area contributed by atoms with E-state index < -0.39 is 9.84 Å². The Morgan fingerprint density at radius 3 is 2.76 bits per heavy atom. The molecule has 0 bridgehead atoms. The number of rotatable bonds is 7. The first-order valence-corrected chi connectivity index (χ1v) is 10.2. The number of sulfone groups is 1. The third-order valence-corrected chi connectivity index (χ3v) is 6.15. The molecule has 150 valence electrons. The van der Waals surface area contributed by atoms with Crippen LogP contribution < -0.4 is 5.56 Å². The van der Waals surface area contributed by atoms with E-state index in [0.717, 1.165) is 0 Å². The van der Waals surface area contributed by atoms with Crippen molar-refractivity contribution >= 4 is 20.6 Å². The summed E-state index contributed by atoms with van der Waals surface area (Å²) < 4.78 is 33.6. The van der Waals surface area contributed by atoms with E-state index in [1.165, 1.54) is 46.2 Å². The number of hydrogen-bond donors (Lipinski definition) is 1. The van der Waals surface area contributed by atoms with E-state index in [1.54, 1.807) is 19.4 Å². The molecule has 0 saturated carbocycles. The summed E-state index contributed by atoms with van der Waals surface area (Å²) >= 11 is 0. The monoisotopic (exact) mass is 414 g/mol. The number of nitrogens with zero attached hydrogens (tertiary/aromatic N) is 5. The summed E-state index contributed by atoms with van der Waals surface area (Å²) in [5, 5.41) is 15.7. The van der Waals surface area contributed by atoms with E-state index in [4.69, 9.17) is 4.74 Å². The molecule has 4 aromatic rings. The predicted octanol–water partition coefficient (Wildman–Crippen LogP) is 0.844. The molecule has 0 unspecified atom stereocenters. The van der Waals surface area contributed by atoms with Crippen LogP contribution in [0.3, 0.4) is 0 Å². The van der Waals surface area contributed by atoms with Crippen LogP contribution in [0.2, 0.25) is 0 Å². The van der Waals surface area contributed by atoms with Crippen LogP contribution in [0.4, 0.5) is 0 Å². The molecule has 3 heterocycles. The molecule has 3 aromatic heterocycles. The van der Waals surface area contributed by atoms with Gasteiger partial charge >= 0.3 is 0 Å². The van der Waals surface area contributed by atoms with Crippen molar-refractivity contribution in [2.45, 2.75) is 22.9 Å². The minimum atomic E-state index is -3.77. The van der Waals surface area contributed by atoms with Crippen LogP contribution in [0.15, 0.2) is 63.6 Å². The number of nitrogens with one attached hydrogen (secondary N) is 1. The highest BCUT2D eigenvalue weighted by atomic mass is 32.2. The summed E-state index contributed by atoms with van der Waals surface area (Å²) in [6.45, 7) is 1.09. The number of aromatic amines is 1. The Kier molecular flexibility index (Phi) is 4.99. The Bertz CT molecular complexity index is 1310. The highest BCUT2D eigenvalue weighted by Crippen LogP contribution is 2.23. The number of methoxy groups -OCH3 is 1. The highest BCUT2D eigenvalue weighted by Gasteiger charge is 2.21. The summed E-state index contributed by atoms with van der Waals surface area (Å²) in [5.41, 5.74) is 0.352. The summed E-state index contributed by atoms with van der Waals surface area (Å²) in [4.78, 5) is 12.8. The Labute approximate surface area is 165 Å². The highest BCUT2D eigenvalue weighted by molar-refractivity contribution is 7.91. The van der Waals surface area contributed by atoms with Gasteiger partial charge in [-0.05, 0) is 24.3 Å². The van der Waals surface area contributed by atoms with Crippen molar-refractivity contribution in [2.75, 3.05) is 13.7 Å². The molecule has 0 atom stereocenters. The largest absolute Gasteiger partial charge is 0.383 e. The van der Waals surface area contributed by atoms with E-state index in [1.807, 2.05) is 0 Å². The van der Waals surface area contributed by atoms with Crippen molar-refractivity contribution in [3.63, 3.8) is 0 Å². The van der Waals surface area contributed by atoms with Gasteiger partial charge in [-0.25, -0.2) is 13.1 Å². The summed E-state index contributed by atoms with van der Waals surface area (Å²) in [5.74, 6) is 0. The Morgan fingerprint density at radius 1 is 1.14 bits per heavy atom. The van der Waals surface area contributed by atoms with E-state index in [9.17, 15) is 13.2 Å². The van der Waals surface area contributed by atoms with Gasteiger partial charge in [-0.15, -0.1) is 0 Å². The molecular weight excluding hydrogens is 396 g/mol. The maximum absolute atomic E-state index is 12.9. The first-order valence-electron chi connectivity index (χ1n) is 8.74. The Balaban J connectivity index is 1.68. The average molecular weight is 414 g/mol. The van der Waals surface area contributed by atoms with Gasteiger partial charge in [-0.3, -0.25) is 14.6 Å². The van der Waals surface area contributed by atoms with E-state index >= 15 is 0 Å². The van der Waals surface area contributed by atoms with Crippen molar-refractivity contribution in [3.05, 3.63) is 65.1 Å². The first kappa shape index (κ1) is 19.0. The molecular formula is C18H18N6O4S. The van der Waals surface area contributed by atoms with Gasteiger partial charge in [0.15, 0.2) is 0 Å². The lowest BCUT2D eigenvalue weighted by Gasteiger charge is -2.06. The van der Waals surface area contributed by atoms with Crippen molar-refractivity contribution in [1.29, 1.82) is 0 Å². The molecule has 0 saturated heterocycles. The van der Waals surface area contributed by atoms with Gasteiger partial charge in [0.2, 0.25) is 9.84 Å². The zero-order chi connectivity index (χ0) is 20.4. The van der Waals surface area contributed by atoms with Gasteiger partial charge in [0.1, 0.15) is 4.90 Å². The van der Waals surface area contributed by atoms with Gasteiger partial charge in [0.25, 0.3) is 5.56 Å². The summed E-state index contributed by atoms with van der Waals surface area (Å²) in [6, 6.07) is 6.12. The normalized spacial score (nSPS) is 11.9. The van der Waals surface area contributed by atoms with Gasteiger partial charge < -0.3 is 4.74 Å². The smallest absolute Gasteiger partial charge is 0.274 e. The topological polar surface area (TPSA) is 125 Å². The minimum absolute atomic E-state index is 0.0718. The van der Waals surface area contributed by atoms with Gasteiger partial charge in [-0.2, -0.15) is 15.3 Å². The van der Waals surface area contributed by atoms with Crippen molar-refractivity contribution < 1.29 is 13.2 Å². The van der Waals surface area contributed by atoms with Crippen LogP contribution in [0.25, 0.3) is 10.8 Å². The second kappa shape index (κ2) is 7.60. The van der Waals surface area contributed by atoms with Gasteiger partial charge in [0, 0.05) is 24.9 Å². The van der Waals surface area contributed by atoms with Gasteiger partial charge in [-0.1, -0.05) is 0 Å². The number of benzene rings is 1. The molecule has 0 amide bonds. The average Bonchev–Trinajstić information content (AvgIpc) is 3.40. The summed E-state index contributed by atoms with van der Waals surface area (Å²) in [7, 11) is -2.21. The van der Waals surface area contributed by atoms with Crippen LogP contribution in [0.1, 0.15) is 5.69 Å². The fraction of sp³-hybridized carbons (Fsp3) is 0.222. The quantitative estimate of drug-likeness (QED) is 0.475. The molecule has 0 radical (unpaired) electrons. The third-order valence-electron chi connectivity index (χ3n) is 4.45. The molecule has 11 heteroatoms. The van der Waals surface area contributed by atoms with Crippen LogP contribution in [-0.4, -0.2) is 51.9 Å². The molecule has 1 N–H and O–H groups in total. The molecule has 0 fully saturated rings. The summed E-state index contributed by atoms with van der Waals surface area (Å²) in [6.07, 6.45) is 5.90. The van der Waals surface area contributed by atoms with E-state index in [-0.39, 0.29) is 21.9 Å². The number of fused-ring (bicyclic) bond motifs is 1. The lowest BCUT2D eigenvalue weighted by atomic mass is 10.2. The van der Waals surface area contributed by atoms with Gasteiger partial charge in [0.05, 0.1) is 48.1 Å². The van der Waals surface area contributed by atoms with E-state index in [2.05, 4.69) is 20.4 Å². The number of ether oxygens (including phenoxy) is 1. The molecule has 4 rings (SSSR count). The Morgan fingerprint density at radius 2 is 2.00 bits per heavy atom. The van der Waals surface area contributed by atoms with Crippen molar-refractivity contribution in [2.24, 2.45) is 0 Å². The molecule has 29 heavy (non-hydrogen) atoms. The minimum Gasteiger partial charge on any atom is -0.383 e. The number of aromatic nitrogens is 6. The molecule has 1 aromatic carbocycles. The number of H-pyrrole nitrogens is 1. The fourth-order valence-electron chi connectivity index (χ4n) is 2.90. The standard InChI is InChI=1S/C18H18N6O4S/c1-28-7-6-23-12-16(10-20-23)29(26,27)15-2-3-17-13(8-15)9-21-24(18(17)25)11-14-4-5-19-22-14/h2-5,8-10,12H,6-7,11H2,1H3,(H,19,22).